The lowest BCUT2D eigenvalue weighted by Crippen LogP contribution is -2.25. The largest absolute Gasteiger partial charge is 0.494 e. The third-order valence-electron chi connectivity index (χ3n) is 6.96. The van der Waals surface area contributed by atoms with Crippen LogP contribution in [0.1, 0.15) is 49.6 Å². The second-order valence-electron chi connectivity index (χ2n) is 9.20. The zero-order chi connectivity index (χ0) is 24.2. The summed E-state index contributed by atoms with van der Waals surface area (Å²) in [6.07, 6.45) is 3.29. The number of rotatable bonds is 9. The van der Waals surface area contributed by atoms with E-state index in [-0.39, 0.29) is 11.8 Å². The van der Waals surface area contributed by atoms with Gasteiger partial charge in [-0.1, -0.05) is 56.3 Å². The van der Waals surface area contributed by atoms with Gasteiger partial charge in [0, 0.05) is 31.1 Å². The van der Waals surface area contributed by atoms with Gasteiger partial charge in [0.15, 0.2) is 0 Å². The molecule has 1 fully saturated rings. The third kappa shape index (κ3) is 4.81. The first-order valence-electron chi connectivity index (χ1n) is 12.7. The van der Waals surface area contributed by atoms with Gasteiger partial charge < -0.3 is 14.2 Å². The Morgan fingerprint density at radius 1 is 0.943 bits per heavy atom. The molecule has 2 heterocycles. The number of aryl methyl sites for hydroxylation is 3. The molecule has 0 saturated carbocycles. The summed E-state index contributed by atoms with van der Waals surface area (Å²) >= 11 is 0. The van der Waals surface area contributed by atoms with E-state index in [4.69, 9.17) is 9.72 Å². The van der Waals surface area contributed by atoms with Gasteiger partial charge in [-0.3, -0.25) is 4.79 Å². The monoisotopic (exact) mass is 467 g/mol. The predicted octanol–water partition coefficient (Wildman–Crippen LogP) is 6.15. The van der Waals surface area contributed by atoms with Gasteiger partial charge in [0.05, 0.1) is 17.6 Å². The highest BCUT2D eigenvalue weighted by molar-refractivity contribution is 5.97. The van der Waals surface area contributed by atoms with E-state index in [1.165, 1.54) is 11.1 Å². The van der Waals surface area contributed by atoms with E-state index in [0.717, 1.165) is 54.1 Å². The molecule has 180 valence electrons. The lowest BCUT2D eigenvalue weighted by molar-refractivity contribution is -0.117. The Morgan fingerprint density at radius 3 is 2.51 bits per heavy atom. The van der Waals surface area contributed by atoms with Crippen LogP contribution in [0, 0.1) is 0 Å². The fourth-order valence-corrected chi connectivity index (χ4v) is 5.06. The number of hydrogen-bond donors (Lipinski definition) is 0. The average molecular weight is 468 g/mol. The quantitative estimate of drug-likeness (QED) is 0.277. The lowest BCUT2D eigenvalue weighted by atomic mass is 10.1. The van der Waals surface area contributed by atoms with E-state index in [2.05, 4.69) is 60.9 Å². The Bertz CT molecular complexity index is 1310. The van der Waals surface area contributed by atoms with Gasteiger partial charge in [-0.2, -0.15) is 0 Å². The SMILES string of the molecule is CCc1ccc(OCCCn2c(C3CC(=O)N(c4ccccc4CC)C3)nc3ccccc32)cc1. The number of fused-ring (bicyclic) bond motifs is 1. The van der Waals surface area contributed by atoms with Crippen molar-refractivity contribution in [1.29, 1.82) is 0 Å². The molecule has 0 aliphatic carbocycles. The van der Waals surface area contributed by atoms with E-state index < -0.39 is 0 Å². The first-order chi connectivity index (χ1) is 17.2. The minimum atomic E-state index is 0.0716. The lowest BCUT2D eigenvalue weighted by Gasteiger charge is -2.20. The highest BCUT2D eigenvalue weighted by atomic mass is 16.5. The highest BCUT2D eigenvalue weighted by Crippen LogP contribution is 2.34. The molecule has 1 aliphatic rings. The van der Waals surface area contributed by atoms with Crippen molar-refractivity contribution >= 4 is 22.6 Å². The molecule has 1 aromatic heterocycles. The summed E-state index contributed by atoms with van der Waals surface area (Å²) in [5, 5.41) is 0. The summed E-state index contributed by atoms with van der Waals surface area (Å²) in [5.74, 6) is 2.16. The van der Waals surface area contributed by atoms with Crippen LogP contribution in [-0.2, 0) is 24.2 Å². The molecule has 1 amide bonds. The molecule has 0 radical (unpaired) electrons. The van der Waals surface area contributed by atoms with Gasteiger partial charge in [-0.15, -0.1) is 0 Å². The van der Waals surface area contributed by atoms with Crippen molar-refractivity contribution in [2.45, 2.75) is 52.0 Å². The maximum absolute atomic E-state index is 13.1. The number of carbonyl (C=O) groups is 1. The molecular weight excluding hydrogens is 434 g/mol. The average Bonchev–Trinajstić information content (AvgIpc) is 3.47. The Labute approximate surface area is 207 Å². The number of nitrogens with zero attached hydrogens (tertiary/aromatic N) is 3. The summed E-state index contributed by atoms with van der Waals surface area (Å²) in [4.78, 5) is 20.0. The number of aromatic nitrogens is 2. The fraction of sp³-hybridized carbons (Fsp3) is 0.333. The van der Waals surface area contributed by atoms with E-state index in [9.17, 15) is 4.79 Å². The fourth-order valence-electron chi connectivity index (χ4n) is 5.06. The van der Waals surface area contributed by atoms with Gasteiger partial charge in [0.2, 0.25) is 5.91 Å². The smallest absolute Gasteiger partial charge is 0.227 e. The standard InChI is InChI=1S/C30H33N3O2/c1-3-22-14-16-25(17-15-22)35-19-9-18-32-28-13-8-6-11-26(28)31-30(32)24-20-29(34)33(21-24)27-12-7-5-10-23(27)4-2/h5-8,10-17,24H,3-4,9,18-21H2,1-2H3. The number of imidazole rings is 1. The molecule has 5 rings (SSSR count). The highest BCUT2D eigenvalue weighted by Gasteiger charge is 2.35. The van der Waals surface area contributed by atoms with Crippen molar-refractivity contribution in [3.63, 3.8) is 0 Å². The van der Waals surface area contributed by atoms with Crippen LogP contribution in [0.25, 0.3) is 11.0 Å². The molecule has 1 aliphatic heterocycles. The Hall–Kier alpha value is -3.60. The molecule has 35 heavy (non-hydrogen) atoms. The molecule has 3 aromatic carbocycles. The molecule has 5 heteroatoms. The minimum Gasteiger partial charge on any atom is -0.494 e. The summed E-state index contributed by atoms with van der Waals surface area (Å²) < 4.78 is 8.30. The molecule has 4 aromatic rings. The molecule has 0 N–H and O–H groups in total. The van der Waals surface area contributed by atoms with Gasteiger partial charge in [0.25, 0.3) is 0 Å². The van der Waals surface area contributed by atoms with Crippen LogP contribution in [0.15, 0.2) is 72.8 Å². The number of amides is 1. The zero-order valence-electron chi connectivity index (χ0n) is 20.6. The van der Waals surface area contributed by atoms with Gasteiger partial charge >= 0.3 is 0 Å². The van der Waals surface area contributed by atoms with E-state index in [1.807, 2.05) is 35.2 Å². The van der Waals surface area contributed by atoms with Crippen LogP contribution in [0.3, 0.4) is 0 Å². The van der Waals surface area contributed by atoms with Gasteiger partial charge in [0.1, 0.15) is 11.6 Å². The van der Waals surface area contributed by atoms with Crippen molar-refractivity contribution in [3.8, 4) is 5.75 Å². The second-order valence-corrected chi connectivity index (χ2v) is 9.20. The van der Waals surface area contributed by atoms with Gasteiger partial charge in [-0.25, -0.2) is 4.98 Å². The topological polar surface area (TPSA) is 47.4 Å². The molecule has 1 atom stereocenters. The molecule has 5 nitrogen and oxygen atoms in total. The summed E-state index contributed by atoms with van der Waals surface area (Å²) in [5.41, 5.74) is 5.66. The van der Waals surface area contributed by atoms with Crippen LogP contribution in [0.5, 0.6) is 5.75 Å². The number of benzene rings is 3. The first kappa shape index (κ1) is 23.2. The van der Waals surface area contributed by atoms with E-state index >= 15 is 0 Å². The Morgan fingerprint density at radius 2 is 1.71 bits per heavy atom. The van der Waals surface area contributed by atoms with Crippen LogP contribution >= 0.6 is 0 Å². The van der Waals surface area contributed by atoms with Crippen LogP contribution < -0.4 is 9.64 Å². The molecular formula is C30H33N3O2. The summed E-state index contributed by atoms with van der Waals surface area (Å²) in [7, 11) is 0. The molecule has 1 saturated heterocycles. The van der Waals surface area contributed by atoms with Crippen molar-refractivity contribution in [2.24, 2.45) is 0 Å². The maximum atomic E-state index is 13.1. The Kier molecular flexibility index (Phi) is 6.84. The normalized spacial score (nSPS) is 15.8. The van der Waals surface area contributed by atoms with Crippen molar-refractivity contribution in [1.82, 2.24) is 9.55 Å². The minimum absolute atomic E-state index is 0.0716. The zero-order valence-corrected chi connectivity index (χ0v) is 20.6. The predicted molar refractivity (Wildman–Crippen MR) is 141 cm³/mol. The maximum Gasteiger partial charge on any atom is 0.227 e. The van der Waals surface area contributed by atoms with Crippen LogP contribution in [-0.4, -0.2) is 28.6 Å². The first-order valence-corrected chi connectivity index (χ1v) is 12.7. The van der Waals surface area contributed by atoms with Crippen molar-refractivity contribution < 1.29 is 9.53 Å². The number of para-hydroxylation sites is 3. The summed E-state index contributed by atoms with van der Waals surface area (Å²) in [6.45, 7) is 6.40. The second kappa shape index (κ2) is 10.3. The van der Waals surface area contributed by atoms with Gasteiger partial charge in [-0.05, 0) is 60.7 Å². The summed E-state index contributed by atoms with van der Waals surface area (Å²) in [6, 6.07) is 24.8. The van der Waals surface area contributed by atoms with Crippen LogP contribution in [0.2, 0.25) is 0 Å². The Balaban J connectivity index is 1.33. The molecule has 0 bridgehead atoms. The third-order valence-corrected chi connectivity index (χ3v) is 6.96. The number of hydrogen-bond acceptors (Lipinski definition) is 3. The van der Waals surface area contributed by atoms with Crippen molar-refractivity contribution in [3.05, 3.63) is 89.7 Å². The number of carbonyl (C=O) groups excluding carboxylic acids is 1. The molecule has 0 spiro atoms. The van der Waals surface area contributed by atoms with E-state index in [0.29, 0.717) is 19.6 Å². The number of ether oxygens (including phenoxy) is 1. The number of anilines is 1. The van der Waals surface area contributed by atoms with E-state index in [1.54, 1.807) is 0 Å². The molecule has 1 unspecified atom stereocenters. The van der Waals surface area contributed by atoms with Crippen LogP contribution in [0.4, 0.5) is 5.69 Å². The van der Waals surface area contributed by atoms with Crippen molar-refractivity contribution in [2.75, 3.05) is 18.1 Å².